The highest BCUT2D eigenvalue weighted by Crippen LogP contribution is 2.72. The second-order valence-electron chi connectivity index (χ2n) is 6.04. The van der Waals surface area contributed by atoms with Gasteiger partial charge in [0.25, 0.3) is 0 Å². The lowest BCUT2D eigenvalue weighted by atomic mass is 9.92. The first kappa shape index (κ1) is 12.2. The van der Waals surface area contributed by atoms with Gasteiger partial charge in [-0.15, -0.1) is 0 Å². The minimum atomic E-state index is -0.293. The predicted molar refractivity (Wildman–Crippen MR) is 80.1 cm³/mol. The van der Waals surface area contributed by atoms with E-state index in [1.165, 1.54) is 16.7 Å². The summed E-state index contributed by atoms with van der Waals surface area (Å²) >= 11 is 0. The number of carbonyl (C=O) groups excluding carboxylic acids is 1. The first-order valence-electron chi connectivity index (χ1n) is 7.55. The van der Waals surface area contributed by atoms with Crippen molar-refractivity contribution < 1.29 is 14.3 Å². The van der Waals surface area contributed by atoms with Crippen LogP contribution in [0.4, 0.5) is 0 Å². The molecule has 1 saturated heterocycles. The number of carbonyl (C=O) groups is 1. The Kier molecular flexibility index (Phi) is 2.38. The van der Waals surface area contributed by atoms with Crippen molar-refractivity contribution in [3.63, 3.8) is 0 Å². The van der Waals surface area contributed by atoms with Gasteiger partial charge in [-0.1, -0.05) is 42.5 Å². The van der Waals surface area contributed by atoms with Crippen LogP contribution in [0.1, 0.15) is 23.3 Å². The van der Waals surface area contributed by atoms with Crippen LogP contribution in [0.2, 0.25) is 0 Å². The van der Waals surface area contributed by atoms with Gasteiger partial charge >= 0.3 is 5.97 Å². The molecule has 3 aliphatic rings. The minimum Gasteiger partial charge on any atom is -0.423 e. The van der Waals surface area contributed by atoms with E-state index in [-0.39, 0.29) is 18.2 Å². The second-order valence-corrected chi connectivity index (χ2v) is 6.04. The molecule has 0 spiro atoms. The molecule has 0 N–H and O–H groups in total. The number of hydrogen-bond donors (Lipinski definition) is 0. The van der Waals surface area contributed by atoms with Crippen LogP contribution < -0.4 is 4.74 Å². The van der Waals surface area contributed by atoms with Crippen LogP contribution in [0.15, 0.2) is 66.2 Å². The van der Waals surface area contributed by atoms with E-state index in [0.29, 0.717) is 17.6 Å². The molecule has 2 aromatic rings. The molecule has 0 amide bonds. The van der Waals surface area contributed by atoms with Crippen LogP contribution in [-0.4, -0.2) is 5.97 Å². The molecule has 108 valence electrons. The Morgan fingerprint density at radius 1 is 0.909 bits per heavy atom. The van der Waals surface area contributed by atoms with Gasteiger partial charge < -0.3 is 9.47 Å². The Morgan fingerprint density at radius 3 is 2.14 bits per heavy atom. The van der Waals surface area contributed by atoms with Gasteiger partial charge in [0, 0.05) is 17.9 Å². The van der Waals surface area contributed by atoms with Crippen molar-refractivity contribution in [2.45, 2.75) is 12.2 Å². The van der Waals surface area contributed by atoms with E-state index in [1.54, 1.807) is 18.2 Å². The van der Waals surface area contributed by atoms with Crippen LogP contribution in [-0.2, 0) is 9.53 Å². The summed E-state index contributed by atoms with van der Waals surface area (Å²) in [5, 5.41) is 0. The third-order valence-corrected chi connectivity index (χ3v) is 4.85. The largest absolute Gasteiger partial charge is 0.423 e. The molecule has 2 aromatic carbocycles. The maximum atomic E-state index is 12.1. The maximum absolute atomic E-state index is 12.1. The molecule has 0 aromatic heterocycles. The monoisotopic (exact) mass is 290 g/mol. The fraction of sp³-hybridized carbons (Fsp3) is 0.211. The average Bonchev–Trinajstić information content (AvgIpc) is 2.95. The van der Waals surface area contributed by atoms with Crippen molar-refractivity contribution in [1.82, 2.24) is 0 Å². The lowest BCUT2D eigenvalue weighted by molar-refractivity contribution is -0.129. The number of benzene rings is 2. The molecular weight excluding hydrogens is 276 g/mol. The fourth-order valence-corrected chi connectivity index (χ4v) is 3.90. The number of ether oxygens (including phenoxy) is 2. The molecule has 22 heavy (non-hydrogen) atoms. The molecule has 3 nitrogen and oxygen atoms in total. The Balaban J connectivity index is 1.37. The molecule has 1 aliphatic carbocycles. The zero-order valence-electron chi connectivity index (χ0n) is 11.8. The molecule has 5 rings (SSSR count). The van der Waals surface area contributed by atoms with E-state index in [2.05, 4.69) is 12.1 Å². The van der Waals surface area contributed by atoms with Gasteiger partial charge in [0.15, 0.2) is 0 Å². The normalized spacial score (nSPS) is 31.7. The summed E-state index contributed by atoms with van der Waals surface area (Å²) in [5.41, 5.74) is 3.75. The highest BCUT2D eigenvalue weighted by Gasteiger charge is 2.65. The molecular formula is C19H14O3. The van der Waals surface area contributed by atoms with Gasteiger partial charge in [-0.25, -0.2) is 4.79 Å². The van der Waals surface area contributed by atoms with Crippen LogP contribution in [0.25, 0.3) is 0 Å². The van der Waals surface area contributed by atoms with E-state index < -0.39 is 0 Å². The third kappa shape index (κ3) is 1.63. The molecule has 0 radical (unpaired) electrons. The van der Waals surface area contributed by atoms with Gasteiger partial charge in [-0.3, -0.25) is 0 Å². The summed E-state index contributed by atoms with van der Waals surface area (Å²) in [5.74, 6) is 1.02. The van der Waals surface area contributed by atoms with Crippen molar-refractivity contribution in [3.8, 4) is 5.75 Å². The molecule has 2 aliphatic heterocycles. The molecule has 4 atom stereocenters. The van der Waals surface area contributed by atoms with E-state index >= 15 is 0 Å². The Hall–Kier alpha value is -2.39. The number of esters is 1. The van der Waals surface area contributed by atoms with Crippen LogP contribution in [0.5, 0.6) is 5.75 Å². The third-order valence-electron chi connectivity index (χ3n) is 4.85. The maximum Gasteiger partial charge on any atom is 0.336 e. The standard InChI is InChI=1S/C19H14O3/c20-15(21-11-6-2-1-3-7-11)10-14-16-17(14)19-13-9-5-4-8-12(13)18(16)22-19/h1-10,16-19H/t16-,17?,18+,19-/m1/s1. The Morgan fingerprint density at radius 2 is 1.50 bits per heavy atom. The zero-order valence-corrected chi connectivity index (χ0v) is 11.8. The summed E-state index contributed by atoms with van der Waals surface area (Å²) < 4.78 is 11.4. The SMILES string of the molecule is O=C(C=C1C2[C@@H]3O[C@@H](c4ccccc43)[C@H]12)Oc1ccccc1. The molecule has 2 bridgehead atoms. The van der Waals surface area contributed by atoms with Crippen molar-refractivity contribution in [3.05, 3.63) is 77.4 Å². The molecule has 1 saturated carbocycles. The van der Waals surface area contributed by atoms with Crippen LogP contribution in [0.3, 0.4) is 0 Å². The van der Waals surface area contributed by atoms with Crippen molar-refractivity contribution in [1.29, 1.82) is 0 Å². The molecule has 3 heteroatoms. The fourth-order valence-electron chi connectivity index (χ4n) is 3.90. The number of rotatable bonds is 2. The van der Waals surface area contributed by atoms with Gasteiger partial charge in [-0.05, 0) is 28.8 Å². The number of fused-ring (bicyclic) bond motifs is 8. The van der Waals surface area contributed by atoms with Gasteiger partial charge in [0.2, 0.25) is 0 Å². The summed E-state index contributed by atoms with van der Waals surface area (Å²) in [6.07, 6.45) is 1.92. The topological polar surface area (TPSA) is 35.5 Å². The predicted octanol–water partition coefficient (Wildman–Crippen LogP) is 3.59. The number of para-hydroxylation sites is 1. The Labute approximate surface area is 128 Å². The zero-order chi connectivity index (χ0) is 14.7. The summed E-state index contributed by atoms with van der Waals surface area (Å²) in [4.78, 5) is 12.1. The summed E-state index contributed by atoms with van der Waals surface area (Å²) in [6, 6.07) is 17.5. The minimum absolute atomic E-state index is 0.127. The quantitative estimate of drug-likeness (QED) is 0.482. The second kappa shape index (κ2) is 4.31. The molecule has 1 unspecified atom stereocenters. The average molecular weight is 290 g/mol. The van der Waals surface area contributed by atoms with Gasteiger partial charge in [-0.2, -0.15) is 0 Å². The van der Waals surface area contributed by atoms with E-state index in [4.69, 9.17) is 9.47 Å². The first-order valence-corrected chi connectivity index (χ1v) is 7.55. The summed E-state index contributed by atoms with van der Waals surface area (Å²) in [7, 11) is 0. The number of hydrogen-bond acceptors (Lipinski definition) is 3. The van der Waals surface area contributed by atoms with Crippen LogP contribution >= 0.6 is 0 Å². The van der Waals surface area contributed by atoms with E-state index in [9.17, 15) is 4.79 Å². The van der Waals surface area contributed by atoms with Crippen molar-refractivity contribution >= 4 is 5.97 Å². The van der Waals surface area contributed by atoms with E-state index in [1.807, 2.05) is 30.3 Å². The summed E-state index contributed by atoms with van der Waals surface area (Å²) in [6.45, 7) is 0. The van der Waals surface area contributed by atoms with Crippen molar-refractivity contribution in [2.75, 3.05) is 0 Å². The lowest BCUT2D eigenvalue weighted by Crippen LogP contribution is -2.04. The van der Waals surface area contributed by atoms with Gasteiger partial charge in [0.05, 0.1) is 12.2 Å². The van der Waals surface area contributed by atoms with Crippen molar-refractivity contribution in [2.24, 2.45) is 11.8 Å². The Bertz CT molecular complexity index is 756. The smallest absolute Gasteiger partial charge is 0.336 e. The highest BCUT2D eigenvalue weighted by atomic mass is 16.5. The van der Waals surface area contributed by atoms with Crippen LogP contribution in [0, 0.1) is 11.8 Å². The molecule has 2 fully saturated rings. The van der Waals surface area contributed by atoms with Gasteiger partial charge in [0.1, 0.15) is 5.75 Å². The lowest BCUT2D eigenvalue weighted by Gasteiger charge is -2.08. The molecule has 2 heterocycles. The highest BCUT2D eigenvalue weighted by molar-refractivity contribution is 5.86. The first-order chi connectivity index (χ1) is 10.8. The van der Waals surface area contributed by atoms with E-state index in [0.717, 1.165) is 0 Å².